The Balaban J connectivity index is 1.55. The summed E-state index contributed by atoms with van der Waals surface area (Å²) < 4.78 is 11.7. The number of benzene rings is 1. The van der Waals surface area contributed by atoms with Crippen LogP contribution in [0.4, 0.5) is 9.80 Å². The summed E-state index contributed by atoms with van der Waals surface area (Å²) in [5.41, 5.74) is 3.58. The summed E-state index contributed by atoms with van der Waals surface area (Å²) in [6.07, 6.45) is 1.08. The lowest BCUT2D eigenvalue weighted by Crippen LogP contribution is -2.39. The van der Waals surface area contributed by atoms with Crippen LogP contribution >= 0.6 is 22.7 Å². The second-order valence-corrected chi connectivity index (χ2v) is 11.9. The van der Waals surface area contributed by atoms with Crippen molar-refractivity contribution in [1.29, 1.82) is 0 Å². The lowest BCUT2D eigenvalue weighted by molar-refractivity contribution is -0.141. The number of rotatable bonds is 9. The van der Waals surface area contributed by atoms with Gasteiger partial charge in [0.1, 0.15) is 15.6 Å². The molecule has 0 fully saturated rings. The SMILES string of the molecule is C=C(CCNCC(=O)OCC)Nc1sc2c(c1-c1nc3ccccc3s1)CCN(C(=O)OC(C)(C)C)C2. The highest BCUT2D eigenvalue weighted by Crippen LogP contribution is 2.46. The fourth-order valence-electron chi connectivity index (χ4n) is 4.04. The molecule has 198 valence electrons. The third-order valence-electron chi connectivity index (χ3n) is 5.68. The smallest absolute Gasteiger partial charge is 0.410 e. The zero-order chi connectivity index (χ0) is 26.6. The molecular weight excluding hydrogens is 508 g/mol. The first-order valence-electron chi connectivity index (χ1n) is 12.4. The van der Waals surface area contributed by atoms with E-state index in [9.17, 15) is 9.59 Å². The van der Waals surface area contributed by atoms with Crippen LogP contribution in [0, 0.1) is 0 Å². The molecule has 37 heavy (non-hydrogen) atoms. The maximum absolute atomic E-state index is 12.7. The van der Waals surface area contributed by atoms with E-state index in [4.69, 9.17) is 14.5 Å². The van der Waals surface area contributed by atoms with Gasteiger partial charge in [-0.15, -0.1) is 22.7 Å². The number of thiazole rings is 1. The van der Waals surface area contributed by atoms with Crippen LogP contribution in [0.15, 0.2) is 36.5 Å². The minimum absolute atomic E-state index is 0.172. The molecule has 10 heteroatoms. The molecule has 0 bridgehead atoms. The van der Waals surface area contributed by atoms with Gasteiger partial charge in [0, 0.05) is 29.2 Å². The highest BCUT2D eigenvalue weighted by molar-refractivity contribution is 7.22. The summed E-state index contributed by atoms with van der Waals surface area (Å²) in [5, 5.41) is 8.54. The Labute approximate surface area is 225 Å². The second kappa shape index (κ2) is 11.6. The Morgan fingerprint density at radius 2 is 2.00 bits per heavy atom. The normalized spacial score (nSPS) is 13.4. The maximum atomic E-state index is 12.7. The molecule has 1 amide bonds. The number of hydrogen-bond acceptors (Lipinski definition) is 9. The van der Waals surface area contributed by atoms with E-state index in [1.54, 1.807) is 34.5 Å². The molecule has 0 saturated carbocycles. The number of esters is 1. The lowest BCUT2D eigenvalue weighted by Gasteiger charge is -2.30. The lowest BCUT2D eigenvalue weighted by atomic mass is 10.0. The number of nitrogens with zero attached hydrogens (tertiary/aromatic N) is 2. The van der Waals surface area contributed by atoms with Gasteiger partial charge in [0.25, 0.3) is 0 Å². The molecule has 2 N–H and O–H groups in total. The Kier molecular flexibility index (Phi) is 8.51. The van der Waals surface area contributed by atoms with E-state index < -0.39 is 5.60 Å². The zero-order valence-corrected chi connectivity index (χ0v) is 23.4. The predicted octanol–water partition coefficient (Wildman–Crippen LogP) is 5.79. The number of hydrogen-bond donors (Lipinski definition) is 2. The number of carbonyl (C=O) groups excluding carboxylic acids is 2. The van der Waals surface area contributed by atoms with Gasteiger partial charge in [-0.05, 0) is 58.2 Å². The average Bonchev–Trinajstić information content (AvgIpc) is 3.40. The third kappa shape index (κ3) is 6.88. The molecule has 0 saturated heterocycles. The van der Waals surface area contributed by atoms with Crippen molar-refractivity contribution < 1.29 is 19.1 Å². The molecule has 3 heterocycles. The van der Waals surface area contributed by atoms with Crippen LogP contribution in [0.2, 0.25) is 0 Å². The van der Waals surface area contributed by atoms with Crippen molar-refractivity contribution in [2.45, 2.75) is 52.7 Å². The average molecular weight is 543 g/mol. The van der Waals surface area contributed by atoms with E-state index in [1.165, 1.54) is 5.56 Å². The van der Waals surface area contributed by atoms with Gasteiger partial charge >= 0.3 is 12.1 Å². The summed E-state index contributed by atoms with van der Waals surface area (Å²) in [6.45, 7) is 13.9. The summed E-state index contributed by atoms with van der Waals surface area (Å²) in [5.74, 6) is -0.264. The molecule has 1 aliphatic heterocycles. The number of fused-ring (bicyclic) bond motifs is 2. The quantitative estimate of drug-likeness (QED) is 0.261. The van der Waals surface area contributed by atoms with Gasteiger partial charge in [0.2, 0.25) is 0 Å². The topological polar surface area (TPSA) is 92.8 Å². The number of nitrogens with one attached hydrogen (secondary N) is 2. The monoisotopic (exact) mass is 542 g/mol. The molecule has 1 aromatic carbocycles. The van der Waals surface area contributed by atoms with E-state index in [0.29, 0.717) is 32.7 Å². The first-order valence-corrected chi connectivity index (χ1v) is 14.1. The largest absolute Gasteiger partial charge is 0.465 e. The number of anilines is 1. The molecule has 0 aliphatic carbocycles. The molecule has 1 aliphatic rings. The Morgan fingerprint density at radius 1 is 1.22 bits per heavy atom. The molecule has 0 atom stereocenters. The third-order valence-corrected chi connectivity index (χ3v) is 7.87. The van der Waals surface area contributed by atoms with Crippen LogP contribution in [0.25, 0.3) is 20.8 Å². The molecule has 2 aromatic heterocycles. The fourth-order valence-corrected chi connectivity index (χ4v) is 6.46. The van der Waals surface area contributed by atoms with Crippen LogP contribution in [0.1, 0.15) is 44.6 Å². The second-order valence-electron chi connectivity index (χ2n) is 9.81. The van der Waals surface area contributed by atoms with Crippen molar-refractivity contribution in [3.63, 3.8) is 0 Å². The van der Waals surface area contributed by atoms with E-state index in [1.807, 2.05) is 39.0 Å². The van der Waals surface area contributed by atoms with Gasteiger partial charge in [0.15, 0.2) is 0 Å². The minimum atomic E-state index is -0.537. The Hall–Kier alpha value is -2.95. The number of aromatic nitrogens is 1. The summed E-state index contributed by atoms with van der Waals surface area (Å²) >= 11 is 3.31. The van der Waals surface area contributed by atoms with E-state index in [0.717, 1.165) is 42.8 Å². The highest BCUT2D eigenvalue weighted by Gasteiger charge is 2.31. The molecule has 0 spiro atoms. The molecule has 3 aromatic rings. The standard InChI is InChI=1S/C27H34N4O4S2/c1-6-34-22(32)15-28-13-11-17(2)29-24-23(25-30-19-9-7-8-10-20(19)36-25)18-12-14-31(16-21(18)37-24)26(33)35-27(3,4)5/h7-10,28-29H,2,6,11-16H2,1,3-5H3. The van der Waals surface area contributed by atoms with E-state index in [2.05, 4.69) is 23.3 Å². The van der Waals surface area contributed by atoms with Gasteiger partial charge in [-0.2, -0.15) is 0 Å². The van der Waals surface area contributed by atoms with E-state index in [-0.39, 0.29) is 18.6 Å². The van der Waals surface area contributed by atoms with E-state index >= 15 is 0 Å². The molecule has 4 rings (SSSR count). The van der Waals surface area contributed by atoms with Crippen LogP contribution in [-0.4, -0.2) is 53.8 Å². The van der Waals surface area contributed by atoms with Crippen LogP contribution in [-0.2, 0) is 27.2 Å². The Morgan fingerprint density at radius 3 is 2.73 bits per heavy atom. The molecule has 8 nitrogen and oxygen atoms in total. The van der Waals surface area contributed by atoms with Crippen LogP contribution in [0.3, 0.4) is 0 Å². The summed E-state index contributed by atoms with van der Waals surface area (Å²) in [6, 6.07) is 8.13. The number of carbonyl (C=O) groups is 2. The van der Waals surface area contributed by atoms with Gasteiger partial charge in [-0.1, -0.05) is 18.7 Å². The first-order chi connectivity index (χ1) is 17.6. The zero-order valence-electron chi connectivity index (χ0n) is 21.8. The van der Waals surface area contributed by atoms with Crippen molar-refractivity contribution in [3.8, 4) is 10.6 Å². The van der Waals surface area contributed by atoms with Crippen molar-refractivity contribution in [1.82, 2.24) is 15.2 Å². The van der Waals surface area contributed by atoms with Crippen LogP contribution < -0.4 is 10.6 Å². The number of para-hydroxylation sites is 1. The molecule has 0 radical (unpaired) electrons. The van der Waals surface area contributed by atoms with Crippen molar-refractivity contribution in [2.24, 2.45) is 0 Å². The molecular formula is C27H34N4O4S2. The Bertz CT molecular complexity index is 1260. The van der Waals surface area contributed by atoms with Gasteiger partial charge in [-0.25, -0.2) is 9.78 Å². The summed E-state index contributed by atoms with van der Waals surface area (Å²) in [4.78, 5) is 32.1. The van der Waals surface area contributed by atoms with Crippen LogP contribution in [0.5, 0.6) is 0 Å². The van der Waals surface area contributed by atoms with Crippen molar-refractivity contribution in [3.05, 3.63) is 47.0 Å². The van der Waals surface area contributed by atoms with Crippen molar-refractivity contribution >= 4 is 50.0 Å². The van der Waals surface area contributed by atoms with Gasteiger partial charge < -0.3 is 25.0 Å². The van der Waals surface area contributed by atoms with Crippen molar-refractivity contribution in [2.75, 3.05) is 31.6 Å². The maximum Gasteiger partial charge on any atom is 0.410 e. The first kappa shape index (κ1) is 27.1. The van der Waals surface area contributed by atoms with Gasteiger partial charge in [0.05, 0.1) is 29.9 Å². The number of ether oxygens (including phenoxy) is 2. The minimum Gasteiger partial charge on any atom is -0.465 e. The highest BCUT2D eigenvalue weighted by atomic mass is 32.1. The molecule has 0 unspecified atom stereocenters. The van der Waals surface area contributed by atoms with Gasteiger partial charge in [-0.3, -0.25) is 4.79 Å². The number of thiophene rings is 1. The summed E-state index contributed by atoms with van der Waals surface area (Å²) in [7, 11) is 0. The fraction of sp³-hybridized carbons (Fsp3) is 0.444. The predicted molar refractivity (Wildman–Crippen MR) is 150 cm³/mol. The number of amides is 1.